The molecular weight excluding hydrogens is 274 g/mol. The predicted molar refractivity (Wildman–Crippen MR) is 77.4 cm³/mol. The molecule has 0 atom stereocenters. The number of amides is 1. The quantitative estimate of drug-likeness (QED) is 0.823. The molecule has 7 heteroatoms. The van der Waals surface area contributed by atoms with Gasteiger partial charge in [0.05, 0.1) is 17.7 Å². The molecule has 0 saturated carbocycles. The maximum Gasteiger partial charge on any atom is 0.258 e. The van der Waals surface area contributed by atoms with Crippen molar-refractivity contribution < 1.29 is 4.79 Å². The number of hydrogen-bond acceptors (Lipinski definition) is 6. The van der Waals surface area contributed by atoms with Crippen molar-refractivity contribution in [3.8, 4) is 11.8 Å². The molecule has 0 unspecified atom stereocenters. The number of aromatic nitrogens is 3. The second-order valence-electron chi connectivity index (χ2n) is 3.74. The van der Waals surface area contributed by atoms with E-state index in [2.05, 4.69) is 32.3 Å². The smallest absolute Gasteiger partial charge is 0.258 e. The summed E-state index contributed by atoms with van der Waals surface area (Å²) in [4.78, 5) is 16.2. The first-order valence-electron chi connectivity index (χ1n) is 6.01. The highest BCUT2D eigenvalue weighted by molar-refractivity contribution is 7.15. The highest BCUT2D eigenvalue weighted by atomic mass is 32.1. The van der Waals surface area contributed by atoms with Crippen molar-refractivity contribution >= 4 is 22.4 Å². The van der Waals surface area contributed by atoms with Crippen molar-refractivity contribution in [2.45, 2.75) is 13.3 Å². The molecule has 6 nitrogen and oxygen atoms in total. The third kappa shape index (κ3) is 3.38. The van der Waals surface area contributed by atoms with Gasteiger partial charge in [-0.05, 0) is 12.5 Å². The van der Waals surface area contributed by atoms with Crippen molar-refractivity contribution in [1.29, 1.82) is 0 Å². The van der Waals surface area contributed by atoms with Crippen molar-refractivity contribution in [1.82, 2.24) is 15.2 Å². The monoisotopic (exact) mass is 287 g/mol. The van der Waals surface area contributed by atoms with Gasteiger partial charge in [-0.1, -0.05) is 30.1 Å². The average Bonchev–Trinajstić information content (AvgIpc) is 2.93. The van der Waals surface area contributed by atoms with Gasteiger partial charge in [0.1, 0.15) is 5.01 Å². The van der Waals surface area contributed by atoms with Gasteiger partial charge in [-0.15, -0.1) is 10.2 Å². The second-order valence-corrected chi connectivity index (χ2v) is 4.80. The van der Waals surface area contributed by atoms with Gasteiger partial charge in [-0.3, -0.25) is 15.1 Å². The Bertz CT molecular complexity index is 671. The van der Waals surface area contributed by atoms with E-state index in [9.17, 15) is 4.79 Å². The molecule has 2 aromatic heterocycles. The summed E-state index contributed by atoms with van der Waals surface area (Å²) in [5, 5.41) is 11.9. The summed E-state index contributed by atoms with van der Waals surface area (Å²) < 4.78 is 0. The van der Waals surface area contributed by atoms with Crippen LogP contribution in [0.25, 0.3) is 0 Å². The fourth-order valence-electron chi connectivity index (χ4n) is 1.45. The molecule has 2 aromatic rings. The Labute approximate surface area is 120 Å². The number of carbonyl (C=O) groups is 1. The van der Waals surface area contributed by atoms with E-state index < -0.39 is 0 Å². The largest absolute Gasteiger partial charge is 0.320 e. The van der Waals surface area contributed by atoms with Crippen LogP contribution in [-0.4, -0.2) is 27.6 Å². The van der Waals surface area contributed by atoms with Crippen LogP contribution in [0.5, 0.6) is 0 Å². The van der Waals surface area contributed by atoms with Crippen molar-refractivity contribution in [3.63, 3.8) is 0 Å². The summed E-state index contributed by atoms with van der Waals surface area (Å²) >= 11 is 1.35. The summed E-state index contributed by atoms with van der Waals surface area (Å²) in [6.45, 7) is 2.21. The third-order valence-electron chi connectivity index (χ3n) is 2.38. The normalized spacial score (nSPS) is 9.70. The van der Waals surface area contributed by atoms with Gasteiger partial charge in [-0.2, -0.15) is 0 Å². The van der Waals surface area contributed by atoms with Gasteiger partial charge >= 0.3 is 0 Å². The number of rotatable bonds is 3. The lowest BCUT2D eigenvalue weighted by molar-refractivity contribution is 0.102. The maximum atomic E-state index is 12.2. The summed E-state index contributed by atoms with van der Waals surface area (Å²) in [6, 6.07) is 1.61. The lowest BCUT2D eigenvalue weighted by Crippen LogP contribution is -2.13. The SMILES string of the molecule is CCc1nnc(NC(=O)c2ccncc2C#CCN)s1. The van der Waals surface area contributed by atoms with Crippen LogP contribution in [0.1, 0.15) is 27.9 Å². The lowest BCUT2D eigenvalue weighted by atomic mass is 10.1. The van der Waals surface area contributed by atoms with Crippen LogP contribution in [0.2, 0.25) is 0 Å². The summed E-state index contributed by atoms with van der Waals surface area (Å²) in [6.07, 6.45) is 3.87. The molecule has 0 aliphatic carbocycles. The molecule has 0 aliphatic heterocycles. The van der Waals surface area contributed by atoms with E-state index in [1.165, 1.54) is 17.5 Å². The molecule has 2 heterocycles. The Balaban J connectivity index is 2.20. The Morgan fingerprint density at radius 2 is 2.35 bits per heavy atom. The van der Waals surface area contributed by atoms with Gasteiger partial charge in [0.15, 0.2) is 0 Å². The molecule has 102 valence electrons. The first kappa shape index (κ1) is 14.1. The number of pyridine rings is 1. The van der Waals surface area contributed by atoms with Crippen molar-refractivity contribution in [2.75, 3.05) is 11.9 Å². The molecule has 20 heavy (non-hydrogen) atoms. The number of anilines is 1. The molecule has 0 saturated heterocycles. The number of carbonyl (C=O) groups excluding carboxylic acids is 1. The highest BCUT2D eigenvalue weighted by Gasteiger charge is 2.12. The first-order chi connectivity index (χ1) is 9.74. The van der Waals surface area contributed by atoms with Gasteiger partial charge in [0.2, 0.25) is 5.13 Å². The topological polar surface area (TPSA) is 93.8 Å². The maximum absolute atomic E-state index is 12.2. The van der Waals surface area contributed by atoms with Crippen LogP contribution in [0.4, 0.5) is 5.13 Å². The molecular formula is C13H13N5OS. The number of hydrogen-bond donors (Lipinski definition) is 2. The molecule has 2 rings (SSSR count). The minimum atomic E-state index is -0.285. The number of aryl methyl sites for hydroxylation is 1. The number of nitrogens with zero attached hydrogens (tertiary/aromatic N) is 3. The van der Waals surface area contributed by atoms with Gasteiger partial charge in [0.25, 0.3) is 5.91 Å². The molecule has 0 fully saturated rings. The standard InChI is InChI=1S/C13H13N5OS/c1-2-11-17-18-13(20-11)16-12(19)10-5-7-15-8-9(10)4-3-6-14/h5,7-8H,2,6,14H2,1H3,(H,16,18,19). The molecule has 0 aromatic carbocycles. The Morgan fingerprint density at radius 3 is 3.05 bits per heavy atom. The van der Waals surface area contributed by atoms with E-state index in [0.717, 1.165) is 11.4 Å². The van der Waals surface area contributed by atoms with Crippen LogP contribution >= 0.6 is 11.3 Å². The molecule has 0 radical (unpaired) electrons. The lowest BCUT2D eigenvalue weighted by Gasteiger charge is -2.03. The fourth-order valence-corrected chi connectivity index (χ4v) is 2.12. The van der Waals surface area contributed by atoms with Gasteiger partial charge in [-0.25, -0.2) is 0 Å². The van der Waals surface area contributed by atoms with E-state index in [1.54, 1.807) is 12.3 Å². The molecule has 3 N–H and O–H groups in total. The third-order valence-corrected chi connectivity index (χ3v) is 3.36. The average molecular weight is 287 g/mol. The fraction of sp³-hybridized carbons (Fsp3) is 0.231. The van der Waals surface area contributed by atoms with E-state index in [-0.39, 0.29) is 12.5 Å². The van der Waals surface area contributed by atoms with Crippen LogP contribution in [-0.2, 0) is 6.42 Å². The minimum absolute atomic E-state index is 0.228. The Hall–Kier alpha value is -2.30. The van der Waals surface area contributed by atoms with E-state index in [1.807, 2.05) is 6.92 Å². The van der Waals surface area contributed by atoms with Crippen LogP contribution < -0.4 is 11.1 Å². The number of nitrogens with two attached hydrogens (primary N) is 1. The minimum Gasteiger partial charge on any atom is -0.320 e. The van der Waals surface area contributed by atoms with Crippen molar-refractivity contribution in [2.24, 2.45) is 5.73 Å². The molecule has 1 amide bonds. The van der Waals surface area contributed by atoms with E-state index >= 15 is 0 Å². The van der Waals surface area contributed by atoms with Crippen molar-refractivity contribution in [3.05, 3.63) is 34.6 Å². The number of nitrogens with one attached hydrogen (secondary N) is 1. The van der Waals surface area contributed by atoms with Crippen LogP contribution in [0, 0.1) is 11.8 Å². The van der Waals surface area contributed by atoms with E-state index in [0.29, 0.717) is 16.3 Å². The summed E-state index contributed by atoms with van der Waals surface area (Å²) in [5.41, 5.74) is 6.31. The van der Waals surface area contributed by atoms with E-state index in [4.69, 9.17) is 5.73 Å². The summed E-state index contributed by atoms with van der Waals surface area (Å²) in [7, 11) is 0. The second kappa shape index (κ2) is 6.75. The Kier molecular flexibility index (Phi) is 4.76. The summed E-state index contributed by atoms with van der Waals surface area (Å²) in [5.74, 6) is 5.25. The van der Waals surface area contributed by atoms with Crippen LogP contribution in [0.15, 0.2) is 18.5 Å². The zero-order chi connectivity index (χ0) is 14.4. The highest BCUT2D eigenvalue weighted by Crippen LogP contribution is 2.17. The Morgan fingerprint density at radius 1 is 1.50 bits per heavy atom. The zero-order valence-electron chi connectivity index (χ0n) is 10.9. The zero-order valence-corrected chi connectivity index (χ0v) is 11.7. The predicted octanol–water partition coefficient (Wildman–Crippen LogP) is 1.06. The van der Waals surface area contributed by atoms with Gasteiger partial charge < -0.3 is 5.73 Å². The molecule has 0 spiro atoms. The van der Waals surface area contributed by atoms with Gasteiger partial charge in [0, 0.05) is 12.4 Å². The molecule has 0 bridgehead atoms. The first-order valence-corrected chi connectivity index (χ1v) is 6.83. The molecule has 0 aliphatic rings. The van der Waals surface area contributed by atoms with Crippen LogP contribution in [0.3, 0.4) is 0 Å².